The van der Waals surface area contributed by atoms with Gasteiger partial charge in [0, 0.05) is 31.5 Å². The molecule has 1 unspecified atom stereocenters. The minimum Gasteiger partial charge on any atom is -0.329 e. The maximum atomic E-state index is 5.77. The molecule has 0 aliphatic heterocycles. The van der Waals surface area contributed by atoms with Gasteiger partial charge in [-0.2, -0.15) is 5.10 Å². The second-order valence-corrected chi connectivity index (χ2v) is 5.09. The summed E-state index contributed by atoms with van der Waals surface area (Å²) in [6.45, 7) is 5.86. The second-order valence-electron chi connectivity index (χ2n) is 5.09. The first-order chi connectivity index (χ1) is 9.20. The number of rotatable bonds is 6. The molecule has 0 saturated carbocycles. The SMILES string of the molecule is CC(C)C(CN)NCc1cccc(-n2cccn2)c1. The maximum Gasteiger partial charge on any atom is 0.0648 e. The van der Waals surface area contributed by atoms with Gasteiger partial charge in [0.05, 0.1) is 5.69 Å². The quantitative estimate of drug-likeness (QED) is 0.832. The van der Waals surface area contributed by atoms with Gasteiger partial charge < -0.3 is 11.1 Å². The third-order valence-corrected chi connectivity index (χ3v) is 3.31. The Hall–Kier alpha value is -1.65. The first-order valence-corrected chi connectivity index (χ1v) is 6.73. The molecule has 3 N–H and O–H groups in total. The van der Waals surface area contributed by atoms with Crippen LogP contribution in [0.3, 0.4) is 0 Å². The number of benzene rings is 1. The van der Waals surface area contributed by atoms with Crippen molar-refractivity contribution in [3.63, 3.8) is 0 Å². The van der Waals surface area contributed by atoms with Crippen molar-refractivity contribution in [2.24, 2.45) is 11.7 Å². The molecular formula is C15H22N4. The van der Waals surface area contributed by atoms with Gasteiger partial charge in [0.2, 0.25) is 0 Å². The normalized spacial score (nSPS) is 12.8. The molecule has 2 rings (SSSR count). The molecule has 1 aromatic heterocycles. The number of nitrogens with one attached hydrogen (secondary N) is 1. The van der Waals surface area contributed by atoms with Crippen LogP contribution in [0.25, 0.3) is 5.69 Å². The fourth-order valence-electron chi connectivity index (χ4n) is 2.07. The molecule has 0 bridgehead atoms. The van der Waals surface area contributed by atoms with Crippen LogP contribution in [0, 0.1) is 5.92 Å². The number of nitrogens with two attached hydrogens (primary N) is 1. The van der Waals surface area contributed by atoms with Crippen molar-refractivity contribution in [3.05, 3.63) is 48.3 Å². The fraction of sp³-hybridized carbons (Fsp3) is 0.400. The summed E-state index contributed by atoms with van der Waals surface area (Å²) in [6, 6.07) is 10.7. The van der Waals surface area contributed by atoms with Gasteiger partial charge in [0.25, 0.3) is 0 Å². The van der Waals surface area contributed by atoms with E-state index in [9.17, 15) is 0 Å². The lowest BCUT2D eigenvalue weighted by atomic mass is 10.0. The van der Waals surface area contributed by atoms with E-state index in [1.807, 2.05) is 16.9 Å². The summed E-state index contributed by atoms with van der Waals surface area (Å²) in [5.41, 5.74) is 8.09. The molecule has 19 heavy (non-hydrogen) atoms. The van der Waals surface area contributed by atoms with Crippen molar-refractivity contribution in [2.75, 3.05) is 6.54 Å². The van der Waals surface area contributed by atoms with Crippen LogP contribution in [0.5, 0.6) is 0 Å². The van der Waals surface area contributed by atoms with E-state index in [0.29, 0.717) is 18.5 Å². The van der Waals surface area contributed by atoms with Crippen LogP contribution in [0.4, 0.5) is 0 Å². The lowest BCUT2D eigenvalue weighted by Crippen LogP contribution is -2.39. The zero-order valence-electron chi connectivity index (χ0n) is 11.6. The summed E-state index contributed by atoms with van der Waals surface area (Å²) in [7, 11) is 0. The maximum absolute atomic E-state index is 5.77. The zero-order valence-corrected chi connectivity index (χ0v) is 11.6. The van der Waals surface area contributed by atoms with Crippen molar-refractivity contribution < 1.29 is 0 Å². The molecule has 0 aliphatic carbocycles. The number of hydrogen-bond acceptors (Lipinski definition) is 3. The molecule has 4 heteroatoms. The van der Waals surface area contributed by atoms with E-state index < -0.39 is 0 Å². The zero-order chi connectivity index (χ0) is 13.7. The third-order valence-electron chi connectivity index (χ3n) is 3.31. The van der Waals surface area contributed by atoms with Crippen LogP contribution in [0.1, 0.15) is 19.4 Å². The van der Waals surface area contributed by atoms with E-state index in [2.05, 4.69) is 48.5 Å². The van der Waals surface area contributed by atoms with Gasteiger partial charge in [-0.05, 0) is 29.7 Å². The number of nitrogens with zero attached hydrogens (tertiary/aromatic N) is 2. The lowest BCUT2D eigenvalue weighted by Gasteiger charge is -2.20. The molecule has 0 fully saturated rings. The van der Waals surface area contributed by atoms with Crippen LogP contribution in [0.15, 0.2) is 42.7 Å². The Balaban J connectivity index is 2.03. The standard InChI is InChI=1S/C15H22N4/c1-12(2)15(10-16)17-11-13-5-3-6-14(9-13)19-8-4-7-18-19/h3-9,12,15,17H,10-11,16H2,1-2H3. The molecule has 102 valence electrons. The minimum absolute atomic E-state index is 0.355. The molecule has 0 aliphatic rings. The van der Waals surface area contributed by atoms with Crippen LogP contribution < -0.4 is 11.1 Å². The topological polar surface area (TPSA) is 55.9 Å². The van der Waals surface area contributed by atoms with Gasteiger partial charge in [-0.15, -0.1) is 0 Å². The van der Waals surface area contributed by atoms with Crippen LogP contribution in [-0.4, -0.2) is 22.4 Å². The largest absolute Gasteiger partial charge is 0.329 e. The molecule has 1 aromatic carbocycles. The predicted octanol–water partition coefficient (Wildman–Crippen LogP) is 1.95. The van der Waals surface area contributed by atoms with Crippen LogP contribution in [-0.2, 0) is 6.54 Å². The van der Waals surface area contributed by atoms with E-state index in [1.54, 1.807) is 6.20 Å². The second kappa shape index (κ2) is 6.50. The highest BCUT2D eigenvalue weighted by atomic mass is 15.3. The molecule has 0 amide bonds. The Morgan fingerprint density at radius 3 is 2.79 bits per heavy atom. The lowest BCUT2D eigenvalue weighted by molar-refractivity contribution is 0.405. The van der Waals surface area contributed by atoms with Gasteiger partial charge >= 0.3 is 0 Å². The van der Waals surface area contributed by atoms with E-state index in [1.165, 1.54) is 5.56 Å². The smallest absolute Gasteiger partial charge is 0.0648 e. The van der Waals surface area contributed by atoms with Crippen molar-refractivity contribution in [2.45, 2.75) is 26.4 Å². The Bertz CT molecular complexity index is 491. The van der Waals surface area contributed by atoms with Crippen molar-refractivity contribution in [1.29, 1.82) is 0 Å². The van der Waals surface area contributed by atoms with Crippen LogP contribution >= 0.6 is 0 Å². The van der Waals surface area contributed by atoms with Gasteiger partial charge in [-0.25, -0.2) is 4.68 Å². The Morgan fingerprint density at radius 2 is 2.16 bits per heavy atom. The highest BCUT2D eigenvalue weighted by Gasteiger charge is 2.10. The third kappa shape index (κ3) is 3.66. The van der Waals surface area contributed by atoms with E-state index in [-0.39, 0.29) is 0 Å². The Kier molecular flexibility index (Phi) is 4.71. The first-order valence-electron chi connectivity index (χ1n) is 6.73. The van der Waals surface area contributed by atoms with E-state index >= 15 is 0 Å². The molecule has 0 saturated heterocycles. The first kappa shape index (κ1) is 13.8. The summed E-state index contributed by atoms with van der Waals surface area (Å²) in [5, 5.41) is 7.75. The monoisotopic (exact) mass is 258 g/mol. The Morgan fingerprint density at radius 1 is 1.32 bits per heavy atom. The van der Waals surface area contributed by atoms with E-state index in [0.717, 1.165) is 12.2 Å². The molecular weight excluding hydrogens is 236 g/mol. The number of hydrogen-bond donors (Lipinski definition) is 2. The molecule has 0 radical (unpaired) electrons. The van der Waals surface area contributed by atoms with Crippen LogP contribution in [0.2, 0.25) is 0 Å². The fourth-order valence-corrected chi connectivity index (χ4v) is 2.07. The summed E-state index contributed by atoms with van der Waals surface area (Å²) in [4.78, 5) is 0. The summed E-state index contributed by atoms with van der Waals surface area (Å²) < 4.78 is 1.87. The average Bonchev–Trinajstić information content (AvgIpc) is 2.93. The Labute approximate surface area is 114 Å². The highest BCUT2D eigenvalue weighted by molar-refractivity contribution is 5.34. The summed E-state index contributed by atoms with van der Waals surface area (Å²) >= 11 is 0. The molecule has 1 heterocycles. The molecule has 4 nitrogen and oxygen atoms in total. The molecule has 1 atom stereocenters. The average molecular weight is 258 g/mol. The predicted molar refractivity (Wildman–Crippen MR) is 78.1 cm³/mol. The van der Waals surface area contributed by atoms with Gasteiger partial charge in [-0.1, -0.05) is 26.0 Å². The number of aromatic nitrogens is 2. The van der Waals surface area contributed by atoms with Crippen molar-refractivity contribution in [3.8, 4) is 5.69 Å². The van der Waals surface area contributed by atoms with Gasteiger partial charge in [0.1, 0.15) is 0 Å². The molecule has 2 aromatic rings. The summed E-state index contributed by atoms with van der Waals surface area (Å²) in [6.07, 6.45) is 3.73. The minimum atomic E-state index is 0.355. The van der Waals surface area contributed by atoms with E-state index in [4.69, 9.17) is 5.73 Å². The van der Waals surface area contributed by atoms with Gasteiger partial charge in [0.15, 0.2) is 0 Å². The van der Waals surface area contributed by atoms with Crippen molar-refractivity contribution >= 4 is 0 Å². The highest BCUT2D eigenvalue weighted by Crippen LogP contribution is 2.10. The van der Waals surface area contributed by atoms with Gasteiger partial charge in [-0.3, -0.25) is 0 Å². The van der Waals surface area contributed by atoms with Crippen molar-refractivity contribution in [1.82, 2.24) is 15.1 Å². The summed E-state index contributed by atoms with van der Waals surface area (Å²) in [5.74, 6) is 0.541. The molecule has 0 spiro atoms.